The van der Waals surface area contributed by atoms with Gasteiger partial charge in [0, 0.05) is 5.56 Å². The lowest BCUT2D eigenvalue weighted by Gasteiger charge is -2.25. The molecule has 20 heavy (non-hydrogen) atoms. The molecule has 98 valence electrons. The number of rotatable bonds is 4. The largest absolute Gasteiger partial charge is 0.240 e. The first kappa shape index (κ1) is 13.6. The number of aliphatic imine (C=N–C) groups is 2. The molecule has 0 saturated heterocycles. The summed E-state index contributed by atoms with van der Waals surface area (Å²) in [5, 5.41) is 0. The molecule has 2 rings (SSSR count). The Bertz CT molecular complexity index is 699. The van der Waals surface area contributed by atoms with Gasteiger partial charge in [0.05, 0.1) is 5.69 Å². The molecule has 1 unspecified atom stereocenters. The van der Waals surface area contributed by atoms with E-state index in [1.54, 1.807) is 37.3 Å². The standard InChI is InChI=1S/C16H12N2O2/c1-16(18-12-20,13-7-3-2-4-8-13)14-9-5-6-10-15(14)17-11-19/h2-10H,1H3. The minimum absolute atomic E-state index is 0.438. The Kier molecular flexibility index (Phi) is 4.02. The summed E-state index contributed by atoms with van der Waals surface area (Å²) in [5.74, 6) is 0. The van der Waals surface area contributed by atoms with Crippen molar-refractivity contribution in [3.05, 3.63) is 65.7 Å². The van der Waals surface area contributed by atoms with Crippen molar-refractivity contribution in [3.63, 3.8) is 0 Å². The summed E-state index contributed by atoms with van der Waals surface area (Å²) >= 11 is 0. The van der Waals surface area contributed by atoms with Gasteiger partial charge in [-0.25, -0.2) is 9.59 Å². The van der Waals surface area contributed by atoms with Gasteiger partial charge < -0.3 is 0 Å². The molecular weight excluding hydrogens is 252 g/mol. The molecular formula is C16H12N2O2. The molecule has 0 aromatic heterocycles. The molecule has 0 heterocycles. The van der Waals surface area contributed by atoms with E-state index in [4.69, 9.17) is 0 Å². The summed E-state index contributed by atoms with van der Waals surface area (Å²) in [4.78, 5) is 29.0. The number of hydrogen-bond acceptors (Lipinski definition) is 4. The number of carbonyl (C=O) groups excluding carboxylic acids is 2. The minimum Gasteiger partial charge on any atom is -0.211 e. The van der Waals surface area contributed by atoms with E-state index in [0.29, 0.717) is 11.3 Å². The molecule has 0 bridgehead atoms. The first-order chi connectivity index (χ1) is 9.72. The van der Waals surface area contributed by atoms with Gasteiger partial charge in [-0.1, -0.05) is 48.5 Å². The summed E-state index contributed by atoms with van der Waals surface area (Å²) in [6.45, 7) is 1.78. The van der Waals surface area contributed by atoms with E-state index in [1.807, 2.05) is 30.3 Å². The van der Waals surface area contributed by atoms with E-state index in [-0.39, 0.29) is 0 Å². The predicted molar refractivity (Wildman–Crippen MR) is 75.2 cm³/mol. The molecule has 1 atom stereocenters. The fraction of sp³-hybridized carbons (Fsp3) is 0.125. The van der Waals surface area contributed by atoms with E-state index in [0.717, 1.165) is 5.56 Å². The Morgan fingerprint density at radius 3 is 2.20 bits per heavy atom. The van der Waals surface area contributed by atoms with Crippen molar-refractivity contribution in [2.45, 2.75) is 12.5 Å². The highest BCUT2D eigenvalue weighted by Gasteiger charge is 2.30. The Morgan fingerprint density at radius 1 is 0.900 bits per heavy atom. The van der Waals surface area contributed by atoms with Crippen LogP contribution < -0.4 is 0 Å². The maximum atomic E-state index is 10.8. The highest BCUT2D eigenvalue weighted by Crippen LogP contribution is 2.38. The predicted octanol–water partition coefficient (Wildman–Crippen LogP) is 3.25. The molecule has 4 nitrogen and oxygen atoms in total. The second-order valence-electron chi connectivity index (χ2n) is 4.36. The maximum Gasteiger partial charge on any atom is 0.240 e. The van der Waals surface area contributed by atoms with Gasteiger partial charge in [-0.2, -0.15) is 9.98 Å². The highest BCUT2D eigenvalue weighted by atomic mass is 16.1. The third-order valence-electron chi connectivity index (χ3n) is 3.20. The first-order valence-corrected chi connectivity index (χ1v) is 6.04. The highest BCUT2D eigenvalue weighted by molar-refractivity contribution is 5.59. The molecule has 0 N–H and O–H groups in total. The van der Waals surface area contributed by atoms with Crippen LogP contribution >= 0.6 is 0 Å². The van der Waals surface area contributed by atoms with Gasteiger partial charge in [-0.15, -0.1) is 0 Å². The van der Waals surface area contributed by atoms with E-state index < -0.39 is 5.54 Å². The normalized spacial score (nSPS) is 12.7. The van der Waals surface area contributed by atoms with Gasteiger partial charge in [-0.05, 0) is 18.6 Å². The summed E-state index contributed by atoms with van der Waals surface area (Å²) < 4.78 is 0. The van der Waals surface area contributed by atoms with Crippen LogP contribution in [0.3, 0.4) is 0 Å². The van der Waals surface area contributed by atoms with Crippen molar-refractivity contribution >= 4 is 17.8 Å². The Labute approximate surface area is 116 Å². The number of para-hydroxylation sites is 1. The fourth-order valence-electron chi connectivity index (χ4n) is 2.17. The van der Waals surface area contributed by atoms with Crippen molar-refractivity contribution in [1.29, 1.82) is 0 Å². The van der Waals surface area contributed by atoms with Crippen molar-refractivity contribution in [2.75, 3.05) is 0 Å². The van der Waals surface area contributed by atoms with Gasteiger partial charge in [0.15, 0.2) is 0 Å². The van der Waals surface area contributed by atoms with Gasteiger partial charge in [0.2, 0.25) is 12.2 Å². The zero-order valence-corrected chi connectivity index (χ0v) is 10.9. The SMILES string of the molecule is CC(N=C=O)(c1ccccc1)c1ccccc1N=C=O. The lowest BCUT2D eigenvalue weighted by molar-refractivity contribution is 0.541. The molecule has 0 aliphatic heterocycles. The third kappa shape index (κ3) is 2.47. The molecule has 2 aromatic carbocycles. The van der Waals surface area contributed by atoms with Crippen LogP contribution in [0.4, 0.5) is 5.69 Å². The van der Waals surface area contributed by atoms with Crippen LogP contribution in [0.5, 0.6) is 0 Å². The molecule has 4 heteroatoms. The van der Waals surface area contributed by atoms with Crippen LogP contribution in [-0.2, 0) is 15.1 Å². The molecule has 0 amide bonds. The zero-order valence-electron chi connectivity index (χ0n) is 10.9. The smallest absolute Gasteiger partial charge is 0.211 e. The van der Waals surface area contributed by atoms with Gasteiger partial charge >= 0.3 is 0 Å². The fourth-order valence-corrected chi connectivity index (χ4v) is 2.17. The molecule has 0 aliphatic rings. The Morgan fingerprint density at radius 2 is 1.55 bits per heavy atom. The molecule has 0 spiro atoms. The average molecular weight is 264 g/mol. The van der Waals surface area contributed by atoms with Crippen LogP contribution in [0.1, 0.15) is 18.1 Å². The number of hydrogen-bond donors (Lipinski definition) is 0. The molecule has 0 fully saturated rings. The van der Waals surface area contributed by atoms with Crippen molar-refractivity contribution < 1.29 is 9.59 Å². The number of isocyanates is 2. The quantitative estimate of drug-likeness (QED) is 0.628. The lowest BCUT2D eigenvalue weighted by atomic mass is 9.84. The van der Waals surface area contributed by atoms with E-state index in [2.05, 4.69) is 9.98 Å². The maximum absolute atomic E-state index is 10.8. The van der Waals surface area contributed by atoms with E-state index in [1.165, 1.54) is 6.08 Å². The number of nitrogens with zero attached hydrogens (tertiary/aromatic N) is 2. The summed E-state index contributed by atoms with van der Waals surface area (Å²) in [7, 11) is 0. The molecule has 0 radical (unpaired) electrons. The van der Waals surface area contributed by atoms with Crippen molar-refractivity contribution in [2.24, 2.45) is 9.98 Å². The first-order valence-electron chi connectivity index (χ1n) is 6.04. The van der Waals surface area contributed by atoms with Gasteiger partial charge in [-0.3, -0.25) is 0 Å². The topological polar surface area (TPSA) is 58.9 Å². The monoisotopic (exact) mass is 264 g/mol. The number of benzene rings is 2. The van der Waals surface area contributed by atoms with Gasteiger partial charge in [0.25, 0.3) is 0 Å². The second kappa shape index (κ2) is 5.89. The van der Waals surface area contributed by atoms with Crippen LogP contribution in [0.15, 0.2) is 64.6 Å². The minimum atomic E-state index is -0.944. The van der Waals surface area contributed by atoms with Crippen LogP contribution in [0.25, 0.3) is 0 Å². The van der Waals surface area contributed by atoms with Crippen LogP contribution in [-0.4, -0.2) is 12.2 Å². The Hall–Kier alpha value is -2.80. The lowest BCUT2D eigenvalue weighted by Crippen LogP contribution is -2.20. The Balaban J connectivity index is 2.72. The molecule has 2 aromatic rings. The molecule has 0 aliphatic carbocycles. The molecule has 0 saturated carbocycles. The summed E-state index contributed by atoms with van der Waals surface area (Å²) in [6, 6.07) is 16.4. The van der Waals surface area contributed by atoms with Gasteiger partial charge in [0.1, 0.15) is 5.54 Å². The van der Waals surface area contributed by atoms with E-state index >= 15 is 0 Å². The average Bonchev–Trinajstić information content (AvgIpc) is 2.49. The summed E-state index contributed by atoms with van der Waals surface area (Å²) in [5.41, 5.74) is 0.961. The third-order valence-corrected chi connectivity index (χ3v) is 3.20. The van der Waals surface area contributed by atoms with Crippen LogP contribution in [0.2, 0.25) is 0 Å². The van der Waals surface area contributed by atoms with E-state index in [9.17, 15) is 9.59 Å². The van der Waals surface area contributed by atoms with Crippen molar-refractivity contribution in [1.82, 2.24) is 0 Å². The second-order valence-corrected chi connectivity index (χ2v) is 4.36. The zero-order chi connectivity index (χ0) is 14.4. The van der Waals surface area contributed by atoms with Crippen molar-refractivity contribution in [3.8, 4) is 0 Å². The van der Waals surface area contributed by atoms with Crippen LogP contribution in [0, 0.1) is 0 Å². The summed E-state index contributed by atoms with van der Waals surface area (Å²) in [6.07, 6.45) is 3.13.